The van der Waals surface area contributed by atoms with E-state index in [4.69, 9.17) is 0 Å². The molecule has 1 N–H and O–H groups in total. The van der Waals surface area contributed by atoms with Gasteiger partial charge in [-0.1, -0.05) is 58.8 Å². The minimum absolute atomic E-state index is 0.179. The van der Waals surface area contributed by atoms with Crippen LogP contribution < -0.4 is 5.43 Å². The first-order valence-corrected chi connectivity index (χ1v) is 9.01. The first kappa shape index (κ1) is 19.3. The summed E-state index contributed by atoms with van der Waals surface area (Å²) in [6.45, 7) is 4.45. The summed E-state index contributed by atoms with van der Waals surface area (Å²) in [5.41, 5.74) is 3.21. The lowest BCUT2D eigenvalue weighted by Crippen LogP contribution is -2.18. The van der Waals surface area contributed by atoms with Crippen LogP contribution in [0.25, 0.3) is 0 Å². The Morgan fingerprint density at radius 1 is 1.09 bits per heavy atom. The van der Waals surface area contributed by atoms with E-state index in [0.29, 0.717) is 11.5 Å². The zero-order valence-corrected chi connectivity index (χ0v) is 14.6. The highest BCUT2D eigenvalue weighted by molar-refractivity contribution is 5.94. The second kappa shape index (κ2) is 12.8. The van der Waals surface area contributed by atoms with E-state index >= 15 is 0 Å². The van der Waals surface area contributed by atoms with Gasteiger partial charge in [-0.25, -0.2) is 5.43 Å². The molecule has 0 spiro atoms. The van der Waals surface area contributed by atoms with Crippen LogP contribution in [0.2, 0.25) is 0 Å². The highest BCUT2D eigenvalue weighted by Crippen LogP contribution is 2.16. The van der Waals surface area contributed by atoms with Crippen LogP contribution in [0.5, 0.6) is 0 Å². The van der Waals surface area contributed by atoms with Crippen molar-refractivity contribution in [3.63, 3.8) is 0 Å². The first-order chi connectivity index (χ1) is 11.3. The molecule has 128 valence electrons. The Morgan fingerprint density at radius 2 is 1.70 bits per heavy atom. The van der Waals surface area contributed by atoms with E-state index in [1.807, 2.05) is 6.21 Å². The van der Waals surface area contributed by atoms with Crippen LogP contribution in [-0.4, -0.2) is 17.1 Å². The standard InChI is InChI=1S/C19H31N3O/c1-3-5-7-9-11-17(10-8-6-4-2)16-21-22-19(23)18-12-14-20-15-13-18/h12-17H,3-11H2,1-2H3,(H,22,23)/b21-16+. The maximum absolute atomic E-state index is 11.9. The molecule has 0 aromatic carbocycles. The Balaban J connectivity index is 2.41. The van der Waals surface area contributed by atoms with Gasteiger partial charge >= 0.3 is 0 Å². The minimum Gasteiger partial charge on any atom is -0.267 e. The minimum atomic E-state index is -0.179. The van der Waals surface area contributed by atoms with E-state index < -0.39 is 0 Å². The van der Waals surface area contributed by atoms with Gasteiger partial charge in [0.15, 0.2) is 0 Å². The van der Waals surface area contributed by atoms with Crippen LogP contribution >= 0.6 is 0 Å². The summed E-state index contributed by atoms with van der Waals surface area (Å²) in [4.78, 5) is 15.8. The molecule has 4 nitrogen and oxygen atoms in total. The lowest BCUT2D eigenvalue weighted by molar-refractivity contribution is 0.0954. The van der Waals surface area contributed by atoms with Crippen molar-refractivity contribution in [1.82, 2.24) is 10.4 Å². The topological polar surface area (TPSA) is 54.4 Å². The summed E-state index contributed by atoms with van der Waals surface area (Å²) in [6, 6.07) is 3.38. The fourth-order valence-electron chi connectivity index (χ4n) is 2.55. The summed E-state index contributed by atoms with van der Waals surface area (Å²) < 4.78 is 0. The molecule has 0 saturated heterocycles. The summed E-state index contributed by atoms with van der Waals surface area (Å²) >= 11 is 0. The van der Waals surface area contributed by atoms with Crippen LogP contribution in [0.1, 0.15) is 82.0 Å². The van der Waals surface area contributed by atoms with Crippen molar-refractivity contribution in [2.45, 2.75) is 71.6 Å². The number of carbonyl (C=O) groups is 1. The third-order valence-electron chi connectivity index (χ3n) is 4.00. The van der Waals surface area contributed by atoms with E-state index in [0.717, 1.165) is 6.42 Å². The van der Waals surface area contributed by atoms with Crippen molar-refractivity contribution in [3.05, 3.63) is 30.1 Å². The quantitative estimate of drug-likeness (QED) is 0.336. The Morgan fingerprint density at radius 3 is 2.35 bits per heavy atom. The molecule has 0 fully saturated rings. The van der Waals surface area contributed by atoms with Crippen LogP contribution in [-0.2, 0) is 0 Å². The van der Waals surface area contributed by atoms with Crippen LogP contribution in [0.4, 0.5) is 0 Å². The molecule has 0 bridgehead atoms. The van der Waals surface area contributed by atoms with E-state index in [-0.39, 0.29) is 5.91 Å². The van der Waals surface area contributed by atoms with Gasteiger partial charge in [-0.3, -0.25) is 9.78 Å². The largest absolute Gasteiger partial charge is 0.271 e. The fraction of sp³-hybridized carbons (Fsp3) is 0.632. The number of hydrogen-bond donors (Lipinski definition) is 1. The van der Waals surface area contributed by atoms with Crippen LogP contribution in [0.3, 0.4) is 0 Å². The monoisotopic (exact) mass is 317 g/mol. The van der Waals surface area contributed by atoms with E-state index in [9.17, 15) is 4.79 Å². The maximum atomic E-state index is 11.9. The molecule has 1 aromatic rings. The Kier molecular flexibility index (Phi) is 10.8. The molecular weight excluding hydrogens is 286 g/mol. The molecule has 1 rings (SSSR count). The number of amides is 1. The first-order valence-electron chi connectivity index (χ1n) is 9.01. The van der Waals surface area contributed by atoms with Gasteiger partial charge in [0.1, 0.15) is 0 Å². The van der Waals surface area contributed by atoms with E-state index in [2.05, 4.69) is 29.4 Å². The molecule has 0 saturated carbocycles. The molecule has 0 aliphatic rings. The van der Waals surface area contributed by atoms with Crippen molar-refractivity contribution in [2.24, 2.45) is 11.0 Å². The van der Waals surface area contributed by atoms with Crippen molar-refractivity contribution in [2.75, 3.05) is 0 Å². The average Bonchev–Trinajstić information content (AvgIpc) is 2.59. The lowest BCUT2D eigenvalue weighted by Gasteiger charge is -2.11. The summed E-state index contributed by atoms with van der Waals surface area (Å²) in [5, 5.41) is 4.18. The SMILES string of the molecule is CCCCCCC(/C=N/NC(=O)c1ccncc1)CCCCC. The number of aromatic nitrogens is 1. The third-order valence-corrected chi connectivity index (χ3v) is 4.00. The van der Waals surface area contributed by atoms with Crippen molar-refractivity contribution >= 4 is 12.1 Å². The number of unbranched alkanes of at least 4 members (excludes halogenated alkanes) is 5. The van der Waals surface area contributed by atoms with Gasteiger partial charge in [0.2, 0.25) is 0 Å². The second-order valence-corrected chi connectivity index (χ2v) is 6.06. The number of nitrogens with zero attached hydrogens (tertiary/aromatic N) is 2. The second-order valence-electron chi connectivity index (χ2n) is 6.06. The summed E-state index contributed by atoms with van der Waals surface area (Å²) in [5.74, 6) is 0.290. The van der Waals surface area contributed by atoms with Gasteiger partial charge in [-0.05, 0) is 30.9 Å². The molecule has 0 radical (unpaired) electrons. The molecule has 1 heterocycles. The van der Waals surface area contributed by atoms with Gasteiger partial charge in [0, 0.05) is 24.2 Å². The molecule has 1 unspecified atom stereocenters. The predicted octanol–water partition coefficient (Wildman–Crippen LogP) is 4.96. The third kappa shape index (κ3) is 9.11. The molecule has 1 atom stereocenters. The highest BCUT2D eigenvalue weighted by atomic mass is 16.2. The van der Waals surface area contributed by atoms with Crippen molar-refractivity contribution in [1.29, 1.82) is 0 Å². The number of carbonyl (C=O) groups excluding carboxylic acids is 1. The Bertz CT molecular complexity index is 445. The highest BCUT2D eigenvalue weighted by Gasteiger charge is 2.07. The molecule has 23 heavy (non-hydrogen) atoms. The summed E-state index contributed by atoms with van der Waals surface area (Å²) in [7, 11) is 0. The molecule has 0 aliphatic carbocycles. The smallest absolute Gasteiger partial charge is 0.267 e. The maximum Gasteiger partial charge on any atom is 0.271 e. The number of hydrogen-bond acceptors (Lipinski definition) is 3. The summed E-state index contributed by atoms with van der Waals surface area (Å²) in [6.07, 6.45) is 16.3. The number of rotatable bonds is 12. The fourth-order valence-corrected chi connectivity index (χ4v) is 2.55. The Labute approximate surface area is 140 Å². The predicted molar refractivity (Wildman–Crippen MR) is 96.6 cm³/mol. The van der Waals surface area contributed by atoms with Gasteiger partial charge < -0.3 is 0 Å². The number of hydrazone groups is 1. The zero-order valence-electron chi connectivity index (χ0n) is 14.6. The average molecular weight is 317 g/mol. The molecule has 4 heteroatoms. The van der Waals surface area contributed by atoms with Crippen LogP contribution in [0.15, 0.2) is 29.6 Å². The van der Waals surface area contributed by atoms with Gasteiger partial charge in [-0.15, -0.1) is 0 Å². The molecule has 1 amide bonds. The molecule has 0 aliphatic heterocycles. The van der Waals surface area contributed by atoms with Crippen molar-refractivity contribution < 1.29 is 4.79 Å². The normalized spacial score (nSPS) is 12.4. The zero-order chi connectivity index (χ0) is 16.8. The van der Waals surface area contributed by atoms with Crippen LogP contribution in [0, 0.1) is 5.92 Å². The van der Waals surface area contributed by atoms with E-state index in [1.165, 1.54) is 51.4 Å². The van der Waals surface area contributed by atoms with Crippen molar-refractivity contribution in [3.8, 4) is 0 Å². The van der Waals surface area contributed by atoms with Gasteiger partial charge in [-0.2, -0.15) is 5.10 Å². The Hall–Kier alpha value is -1.71. The van der Waals surface area contributed by atoms with Gasteiger partial charge in [0.05, 0.1) is 0 Å². The van der Waals surface area contributed by atoms with Gasteiger partial charge in [0.25, 0.3) is 5.91 Å². The van der Waals surface area contributed by atoms with E-state index in [1.54, 1.807) is 24.5 Å². The number of nitrogens with one attached hydrogen (secondary N) is 1. The molecular formula is C19H31N3O. The molecule has 1 aromatic heterocycles. The number of pyridine rings is 1. The lowest BCUT2D eigenvalue weighted by atomic mass is 9.96.